The molecule has 1 N–H and O–H groups in total. The van der Waals surface area contributed by atoms with Crippen LogP contribution in [-0.2, 0) is 4.79 Å². The number of carboxylic acid groups (broad SMARTS) is 1. The lowest BCUT2D eigenvalue weighted by Crippen LogP contribution is -2.08. The lowest BCUT2D eigenvalue weighted by atomic mass is 10.0. The number of ketones is 1. The van der Waals surface area contributed by atoms with Gasteiger partial charge in [-0.05, 0) is 24.6 Å². The molecule has 0 aliphatic heterocycles. The van der Waals surface area contributed by atoms with Gasteiger partial charge in [0.1, 0.15) is 0 Å². The first-order valence-corrected chi connectivity index (χ1v) is 5.89. The molecule has 1 aromatic carbocycles. The summed E-state index contributed by atoms with van der Waals surface area (Å²) in [4.78, 5) is 22.8. The van der Waals surface area contributed by atoms with Crippen molar-refractivity contribution in [1.29, 1.82) is 0 Å². The van der Waals surface area contributed by atoms with E-state index in [1.165, 1.54) is 12.3 Å². The number of Topliss-reactive ketones (excluding diaryl/α,β-unsaturated/α-hetero) is 1. The second-order valence-electron chi connectivity index (χ2n) is 4.45. The first kappa shape index (κ1) is 11.3. The van der Waals surface area contributed by atoms with E-state index in [4.69, 9.17) is 21.1 Å². The largest absolute Gasteiger partial charge is 0.481 e. The number of furan rings is 1. The summed E-state index contributed by atoms with van der Waals surface area (Å²) >= 11 is 6.01. The van der Waals surface area contributed by atoms with E-state index in [-0.39, 0.29) is 5.78 Å². The number of aliphatic carboxylic acids is 1. The number of rotatable bonds is 3. The molecule has 3 rings (SSSR count). The van der Waals surface area contributed by atoms with Gasteiger partial charge < -0.3 is 9.52 Å². The normalized spacial score (nSPS) is 22.1. The van der Waals surface area contributed by atoms with Gasteiger partial charge in [-0.1, -0.05) is 11.6 Å². The molecule has 1 saturated carbocycles. The lowest BCUT2D eigenvalue weighted by Gasteiger charge is -2.01. The van der Waals surface area contributed by atoms with Crippen LogP contribution in [0.5, 0.6) is 0 Å². The van der Waals surface area contributed by atoms with Crippen LogP contribution in [0, 0.1) is 11.8 Å². The van der Waals surface area contributed by atoms with E-state index < -0.39 is 17.8 Å². The number of hydrogen-bond acceptors (Lipinski definition) is 3. The van der Waals surface area contributed by atoms with Gasteiger partial charge in [0, 0.05) is 16.9 Å². The first-order valence-electron chi connectivity index (χ1n) is 5.51. The van der Waals surface area contributed by atoms with Crippen LogP contribution in [0.3, 0.4) is 0 Å². The number of carbonyl (C=O) groups excluding carboxylic acids is 1. The summed E-state index contributed by atoms with van der Waals surface area (Å²) in [5, 5.41) is 9.94. The minimum atomic E-state index is -0.913. The number of fused-ring (bicyclic) bond motifs is 1. The van der Waals surface area contributed by atoms with Crippen molar-refractivity contribution < 1.29 is 19.1 Å². The summed E-state index contributed by atoms with van der Waals surface area (Å²) in [7, 11) is 0. The Kier molecular flexibility index (Phi) is 2.41. The Morgan fingerprint density at radius 1 is 1.33 bits per heavy atom. The minimum Gasteiger partial charge on any atom is -0.481 e. The highest BCUT2D eigenvalue weighted by molar-refractivity contribution is 6.35. The summed E-state index contributed by atoms with van der Waals surface area (Å²) in [6.07, 6.45) is 1.91. The van der Waals surface area contributed by atoms with Gasteiger partial charge in [0.05, 0.1) is 17.2 Å². The van der Waals surface area contributed by atoms with Crippen LogP contribution in [0.2, 0.25) is 5.02 Å². The Hall–Kier alpha value is -1.81. The van der Waals surface area contributed by atoms with Crippen LogP contribution in [0.15, 0.2) is 28.9 Å². The van der Waals surface area contributed by atoms with Crippen LogP contribution in [0.1, 0.15) is 16.8 Å². The molecular weight excluding hydrogens is 256 g/mol. The SMILES string of the molecule is O=C(O)C1CC1C(=O)c1cc(Cl)c2occc2c1. The average molecular weight is 265 g/mol. The van der Waals surface area contributed by atoms with Gasteiger partial charge in [-0.2, -0.15) is 0 Å². The van der Waals surface area contributed by atoms with Crippen molar-refractivity contribution in [3.8, 4) is 0 Å². The summed E-state index contributed by atoms with van der Waals surface area (Å²) in [5.41, 5.74) is 0.987. The highest BCUT2D eigenvalue weighted by Crippen LogP contribution is 2.42. The van der Waals surface area contributed by atoms with E-state index in [0.717, 1.165) is 5.39 Å². The Labute approximate surface area is 107 Å². The van der Waals surface area contributed by atoms with Crippen molar-refractivity contribution in [3.05, 3.63) is 35.0 Å². The van der Waals surface area contributed by atoms with Crippen LogP contribution in [-0.4, -0.2) is 16.9 Å². The van der Waals surface area contributed by atoms with E-state index in [1.54, 1.807) is 12.1 Å². The van der Waals surface area contributed by atoms with Crippen LogP contribution in [0.25, 0.3) is 11.0 Å². The van der Waals surface area contributed by atoms with Crippen molar-refractivity contribution in [2.24, 2.45) is 11.8 Å². The Morgan fingerprint density at radius 3 is 2.78 bits per heavy atom. The molecule has 0 radical (unpaired) electrons. The predicted octanol–water partition coefficient (Wildman–Crippen LogP) is 2.99. The Balaban J connectivity index is 1.95. The molecule has 1 aromatic heterocycles. The molecule has 2 aromatic rings. The fraction of sp³-hybridized carbons (Fsp3) is 0.231. The van der Waals surface area contributed by atoms with Gasteiger partial charge in [-0.3, -0.25) is 9.59 Å². The molecule has 1 heterocycles. The van der Waals surface area contributed by atoms with Crippen LogP contribution < -0.4 is 0 Å². The van der Waals surface area contributed by atoms with Crippen LogP contribution >= 0.6 is 11.6 Å². The van der Waals surface area contributed by atoms with Crippen molar-refractivity contribution >= 4 is 34.3 Å². The monoisotopic (exact) mass is 264 g/mol. The van der Waals surface area contributed by atoms with Gasteiger partial charge in [-0.15, -0.1) is 0 Å². The summed E-state index contributed by atoms with van der Waals surface area (Å²) in [6, 6.07) is 4.94. The predicted molar refractivity (Wildman–Crippen MR) is 64.8 cm³/mol. The molecule has 1 aliphatic carbocycles. The maximum absolute atomic E-state index is 12.1. The first-order chi connectivity index (χ1) is 8.58. The van der Waals surface area contributed by atoms with E-state index in [9.17, 15) is 9.59 Å². The topological polar surface area (TPSA) is 67.5 Å². The zero-order valence-corrected chi connectivity index (χ0v) is 9.98. The number of carboxylic acids is 1. The van der Waals surface area contributed by atoms with Crippen molar-refractivity contribution in [2.45, 2.75) is 6.42 Å². The van der Waals surface area contributed by atoms with Crippen LogP contribution in [0.4, 0.5) is 0 Å². The standard InChI is InChI=1S/C13H9ClO4/c14-10-4-7(3-6-1-2-18-12(6)10)11(15)8-5-9(8)13(16)17/h1-4,8-9H,5H2,(H,16,17). The molecule has 2 atom stereocenters. The molecule has 0 amide bonds. The second-order valence-corrected chi connectivity index (χ2v) is 4.86. The molecule has 2 unspecified atom stereocenters. The number of carbonyl (C=O) groups is 2. The molecule has 92 valence electrons. The van der Waals surface area contributed by atoms with E-state index >= 15 is 0 Å². The Bertz CT molecular complexity index is 658. The lowest BCUT2D eigenvalue weighted by molar-refractivity contribution is -0.138. The van der Waals surface area contributed by atoms with E-state index in [0.29, 0.717) is 22.6 Å². The van der Waals surface area contributed by atoms with Gasteiger partial charge in [-0.25, -0.2) is 0 Å². The quantitative estimate of drug-likeness (QED) is 0.866. The minimum absolute atomic E-state index is 0.160. The average Bonchev–Trinajstić information content (AvgIpc) is 2.99. The van der Waals surface area contributed by atoms with Gasteiger partial charge >= 0.3 is 5.97 Å². The highest BCUT2D eigenvalue weighted by atomic mass is 35.5. The molecule has 1 aliphatic rings. The van der Waals surface area contributed by atoms with Crippen molar-refractivity contribution in [3.63, 3.8) is 0 Å². The third-order valence-electron chi connectivity index (χ3n) is 3.23. The summed E-state index contributed by atoms with van der Waals surface area (Å²) in [5.74, 6) is -2.03. The molecule has 0 bridgehead atoms. The molecule has 4 nitrogen and oxygen atoms in total. The smallest absolute Gasteiger partial charge is 0.307 e. The maximum atomic E-state index is 12.1. The zero-order chi connectivity index (χ0) is 12.9. The molecule has 0 spiro atoms. The molecule has 5 heteroatoms. The fourth-order valence-electron chi connectivity index (χ4n) is 2.15. The highest BCUT2D eigenvalue weighted by Gasteiger charge is 2.48. The van der Waals surface area contributed by atoms with Crippen molar-refractivity contribution in [2.75, 3.05) is 0 Å². The third kappa shape index (κ3) is 1.69. The molecular formula is C13H9ClO4. The third-order valence-corrected chi connectivity index (χ3v) is 3.52. The van der Waals surface area contributed by atoms with E-state index in [1.807, 2.05) is 0 Å². The Morgan fingerprint density at radius 2 is 2.11 bits per heavy atom. The molecule has 18 heavy (non-hydrogen) atoms. The summed E-state index contributed by atoms with van der Waals surface area (Å²) in [6.45, 7) is 0. The number of hydrogen-bond donors (Lipinski definition) is 1. The second kappa shape index (κ2) is 3.85. The number of benzene rings is 1. The molecule has 1 fully saturated rings. The fourth-order valence-corrected chi connectivity index (χ4v) is 2.42. The maximum Gasteiger partial charge on any atom is 0.307 e. The zero-order valence-electron chi connectivity index (χ0n) is 9.22. The van der Waals surface area contributed by atoms with Gasteiger partial charge in [0.2, 0.25) is 0 Å². The van der Waals surface area contributed by atoms with Crippen molar-refractivity contribution in [1.82, 2.24) is 0 Å². The summed E-state index contributed by atoms with van der Waals surface area (Å²) < 4.78 is 5.18. The number of halogens is 1. The van der Waals surface area contributed by atoms with Gasteiger partial charge in [0.25, 0.3) is 0 Å². The van der Waals surface area contributed by atoms with Gasteiger partial charge in [0.15, 0.2) is 11.4 Å². The molecule has 0 saturated heterocycles. The van der Waals surface area contributed by atoms with E-state index in [2.05, 4.69) is 0 Å².